The molecule has 0 saturated heterocycles. The fourth-order valence-electron chi connectivity index (χ4n) is 1.13. The number of nitrogens with two attached hydrogens (primary N) is 1. The van der Waals surface area contributed by atoms with Crippen molar-refractivity contribution >= 4 is 15.9 Å². The SMILES string of the molecule is C#CCOc1ccc(Br)cc1[C@H](C)N. The molecule has 0 aliphatic carbocycles. The first kappa shape index (κ1) is 11.1. The van der Waals surface area contributed by atoms with Crippen molar-refractivity contribution in [3.05, 3.63) is 28.2 Å². The maximum Gasteiger partial charge on any atom is 0.148 e. The molecule has 1 atom stereocenters. The molecule has 0 unspecified atom stereocenters. The highest BCUT2D eigenvalue weighted by Gasteiger charge is 2.08. The quantitative estimate of drug-likeness (QED) is 0.841. The highest BCUT2D eigenvalue weighted by molar-refractivity contribution is 9.10. The number of rotatable bonds is 3. The minimum atomic E-state index is -0.0692. The Balaban J connectivity index is 2.97. The van der Waals surface area contributed by atoms with Crippen LogP contribution in [-0.4, -0.2) is 6.61 Å². The molecule has 74 valence electrons. The van der Waals surface area contributed by atoms with Gasteiger partial charge in [-0.15, -0.1) is 6.42 Å². The van der Waals surface area contributed by atoms with Gasteiger partial charge in [0, 0.05) is 16.1 Å². The van der Waals surface area contributed by atoms with Gasteiger partial charge in [0.2, 0.25) is 0 Å². The molecule has 3 heteroatoms. The van der Waals surface area contributed by atoms with Gasteiger partial charge in [0.15, 0.2) is 0 Å². The van der Waals surface area contributed by atoms with Gasteiger partial charge < -0.3 is 10.5 Å². The van der Waals surface area contributed by atoms with Gasteiger partial charge in [0.05, 0.1) is 0 Å². The summed E-state index contributed by atoms with van der Waals surface area (Å²) < 4.78 is 6.35. The van der Waals surface area contributed by atoms with Gasteiger partial charge in [-0.1, -0.05) is 21.9 Å². The zero-order chi connectivity index (χ0) is 10.6. The molecule has 0 fully saturated rings. The van der Waals surface area contributed by atoms with E-state index >= 15 is 0 Å². The number of ether oxygens (including phenoxy) is 1. The zero-order valence-electron chi connectivity index (χ0n) is 7.96. The Bertz CT molecular complexity index is 355. The molecule has 0 heterocycles. The molecule has 0 saturated carbocycles. The van der Waals surface area contributed by atoms with Gasteiger partial charge in [0.25, 0.3) is 0 Å². The smallest absolute Gasteiger partial charge is 0.148 e. The van der Waals surface area contributed by atoms with Crippen molar-refractivity contribution in [1.82, 2.24) is 0 Å². The van der Waals surface area contributed by atoms with Crippen LogP contribution in [0.15, 0.2) is 22.7 Å². The van der Waals surface area contributed by atoms with Crippen LogP contribution in [0.25, 0.3) is 0 Å². The van der Waals surface area contributed by atoms with E-state index in [9.17, 15) is 0 Å². The lowest BCUT2D eigenvalue weighted by molar-refractivity contribution is 0.364. The lowest BCUT2D eigenvalue weighted by atomic mass is 10.1. The molecular formula is C11H12BrNO. The summed E-state index contributed by atoms with van der Waals surface area (Å²) in [6, 6.07) is 5.63. The first-order valence-electron chi connectivity index (χ1n) is 4.26. The van der Waals surface area contributed by atoms with E-state index in [2.05, 4.69) is 21.9 Å². The Kier molecular flexibility index (Phi) is 3.99. The molecule has 1 aromatic carbocycles. The van der Waals surface area contributed by atoms with Crippen LogP contribution in [0.3, 0.4) is 0 Å². The molecule has 0 aromatic heterocycles. The van der Waals surface area contributed by atoms with Gasteiger partial charge in [-0.2, -0.15) is 0 Å². The number of halogens is 1. The monoisotopic (exact) mass is 253 g/mol. The lowest BCUT2D eigenvalue weighted by Crippen LogP contribution is -2.08. The van der Waals surface area contributed by atoms with Gasteiger partial charge in [-0.05, 0) is 25.1 Å². The maximum absolute atomic E-state index is 5.80. The summed E-state index contributed by atoms with van der Waals surface area (Å²) in [6.45, 7) is 2.17. The molecule has 0 spiro atoms. The van der Waals surface area contributed by atoms with Crippen molar-refractivity contribution in [2.45, 2.75) is 13.0 Å². The highest BCUT2D eigenvalue weighted by Crippen LogP contribution is 2.27. The highest BCUT2D eigenvalue weighted by atomic mass is 79.9. The average Bonchev–Trinajstić information content (AvgIpc) is 2.15. The summed E-state index contributed by atoms with van der Waals surface area (Å²) >= 11 is 3.38. The minimum Gasteiger partial charge on any atom is -0.481 e. The Morgan fingerprint density at radius 2 is 2.36 bits per heavy atom. The predicted octanol–water partition coefficient (Wildman–Crippen LogP) is 2.48. The molecular weight excluding hydrogens is 242 g/mol. The third kappa shape index (κ3) is 2.76. The van der Waals surface area contributed by atoms with Crippen molar-refractivity contribution in [2.24, 2.45) is 5.73 Å². The molecule has 2 nitrogen and oxygen atoms in total. The van der Waals surface area contributed by atoms with E-state index in [1.165, 1.54) is 0 Å². The van der Waals surface area contributed by atoms with Crippen LogP contribution < -0.4 is 10.5 Å². The van der Waals surface area contributed by atoms with Crippen molar-refractivity contribution in [3.8, 4) is 18.1 Å². The summed E-state index contributed by atoms with van der Waals surface area (Å²) in [4.78, 5) is 0. The Hall–Kier alpha value is -0.980. The van der Waals surface area contributed by atoms with Crippen molar-refractivity contribution < 1.29 is 4.74 Å². The molecule has 0 bridgehead atoms. The lowest BCUT2D eigenvalue weighted by Gasteiger charge is -2.12. The third-order valence-corrected chi connectivity index (χ3v) is 2.27. The van der Waals surface area contributed by atoms with Crippen LogP contribution >= 0.6 is 15.9 Å². The second-order valence-electron chi connectivity index (χ2n) is 2.96. The second-order valence-corrected chi connectivity index (χ2v) is 3.88. The summed E-state index contributed by atoms with van der Waals surface area (Å²) in [7, 11) is 0. The van der Waals surface area contributed by atoms with Gasteiger partial charge in [0.1, 0.15) is 12.4 Å². The van der Waals surface area contributed by atoms with E-state index in [1.54, 1.807) is 0 Å². The van der Waals surface area contributed by atoms with Crippen LogP contribution in [0.5, 0.6) is 5.75 Å². The van der Waals surface area contributed by atoms with Crippen molar-refractivity contribution in [1.29, 1.82) is 0 Å². The largest absolute Gasteiger partial charge is 0.481 e. The van der Waals surface area contributed by atoms with Crippen molar-refractivity contribution in [2.75, 3.05) is 6.61 Å². The summed E-state index contributed by atoms with van der Waals surface area (Å²) in [5.41, 5.74) is 6.76. The molecule has 2 N–H and O–H groups in total. The number of benzene rings is 1. The summed E-state index contributed by atoms with van der Waals surface area (Å²) in [5.74, 6) is 3.17. The molecule has 0 aliphatic heterocycles. The Morgan fingerprint density at radius 1 is 1.64 bits per heavy atom. The fraction of sp³-hybridized carbons (Fsp3) is 0.273. The van der Waals surface area contributed by atoms with E-state index in [-0.39, 0.29) is 12.6 Å². The van der Waals surface area contributed by atoms with Crippen LogP contribution in [0, 0.1) is 12.3 Å². The summed E-state index contributed by atoms with van der Waals surface area (Å²) in [5, 5.41) is 0. The second kappa shape index (κ2) is 5.04. The average molecular weight is 254 g/mol. The topological polar surface area (TPSA) is 35.2 Å². The van der Waals surface area contributed by atoms with E-state index in [4.69, 9.17) is 16.9 Å². The normalized spacial score (nSPS) is 11.9. The molecule has 0 amide bonds. The molecule has 14 heavy (non-hydrogen) atoms. The summed E-state index contributed by atoms with van der Waals surface area (Å²) in [6.07, 6.45) is 5.12. The van der Waals surface area contributed by atoms with Crippen LogP contribution in [0.2, 0.25) is 0 Å². The maximum atomic E-state index is 5.80. The van der Waals surface area contributed by atoms with Crippen LogP contribution in [0.1, 0.15) is 18.5 Å². The third-order valence-electron chi connectivity index (χ3n) is 1.77. The first-order valence-corrected chi connectivity index (χ1v) is 5.05. The standard InChI is InChI=1S/C11H12BrNO/c1-3-6-14-11-5-4-9(12)7-10(11)8(2)13/h1,4-5,7-8H,6,13H2,2H3/t8-/m0/s1. The fourth-order valence-corrected chi connectivity index (χ4v) is 1.50. The van der Waals surface area contributed by atoms with Gasteiger partial charge in [-0.3, -0.25) is 0 Å². The van der Waals surface area contributed by atoms with Gasteiger partial charge >= 0.3 is 0 Å². The Morgan fingerprint density at radius 3 is 2.93 bits per heavy atom. The van der Waals surface area contributed by atoms with E-state index in [0.717, 1.165) is 15.8 Å². The van der Waals surface area contributed by atoms with Crippen LogP contribution in [0.4, 0.5) is 0 Å². The minimum absolute atomic E-state index is 0.0692. The molecule has 1 rings (SSSR count). The molecule has 0 aliphatic rings. The molecule has 0 radical (unpaired) electrons. The van der Waals surface area contributed by atoms with Crippen LogP contribution in [-0.2, 0) is 0 Å². The number of hydrogen-bond donors (Lipinski definition) is 1. The van der Waals surface area contributed by atoms with E-state index < -0.39 is 0 Å². The van der Waals surface area contributed by atoms with Crippen molar-refractivity contribution in [3.63, 3.8) is 0 Å². The Labute approximate surface area is 92.6 Å². The zero-order valence-corrected chi connectivity index (χ0v) is 9.54. The predicted molar refractivity (Wildman–Crippen MR) is 61.1 cm³/mol. The first-order chi connectivity index (χ1) is 6.65. The number of hydrogen-bond acceptors (Lipinski definition) is 2. The molecule has 1 aromatic rings. The van der Waals surface area contributed by atoms with E-state index in [1.807, 2.05) is 25.1 Å². The van der Waals surface area contributed by atoms with E-state index in [0.29, 0.717) is 0 Å². The number of terminal acetylenes is 1. The van der Waals surface area contributed by atoms with Gasteiger partial charge in [-0.25, -0.2) is 0 Å².